The summed E-state index contributed by atoms with van der Waals surface area (Å²) in [5.41, 5.74) is 7.47. The first-order valence-corrected chi connectivity index (χ1v) is 10.6. The number of nitrogens with two attached hydrogens (primary N) is 1. The van der Waals surface area contributed by atoms with Gasteiger partial charge in [-0.15, -0.1) is 11.8 Å². The van der Waals surface area contributed by atoms with Crippen LogP contribution in [0.1, 0.15) is 0 Å². The zero-order valence-corrected chi connectivity index (χ0v) is 17.7. The first-order valence-electron chi connectivity index (χ1n) is 9.01. The minimum absolute atomic E-state index is 0.0769. The number of nitrogen functional groups attached to an aromatic ring is 1. The minimum Gasteiger partial charge on any atom is -0.383 e. The fourth-order valence-corrected chi connectivity index (χ4v) is 3.55. The molecule has 1 amide bonds. The molecule has 2 aromatic heterocycles. The number of carbonyl (C=O) groups excluding carboxylic acids is 1. The van der Waals surface area contributed by atoms with Crippen molar-refractivity contribution in [3.8, 4) is 22.8 Å². The van der Waals surface area contributed by atoms with Crippen molar-refractivity contribution >= 4 is 40.8 Å². The smallest absolute Gasteiger partial charge is 0.264 e. The van der Waals surface area contributed by atoms with Crippen molar-refractivity contribution in [3.05, 3.63) is 59.4 Å². The fraction of sp³-hybridized carbons (Fsp3) is 0.100. The van der Waals surface area contributed by atoms with Crippen LogP contribution >= 0.6 is 23.4 Å². The van der Waals surface area contributed by atoms with Gasteiger partial charge in [-0.3, -0.25) is 4.79 Å². The summed E-state index contributed by atoms with van der Waals surface area (Å²) >= 11 is 7.23. The van der Waals surface area contributed by atoms with Gasteiger partial charge >= 0.3 is 0 Å². The second-order valence-electron chi connectivity index (χ2n) is 6.39. The Morgan fingerprint density at radius 1 is 1.26 bits per heavy atom. The van der Waals surface area contributed by atoms with E-state index in [-0.39, 0.29) is 23.9 Å². The van der Waals surface area contributed by atoms with Crippen molar-refractivity contribution in [3.63, 3.8) is 0 Å². The highest BCUT2D eigenvalue weighted by Crippen LogP contribution is 2.35. The number of thioether (sulfide) groups is 1. The lowest BCUT2D eigenvalue weighted by Gasteiger charge is -2.07. The Labute approximate surface area is 185 Å². The monoisotopic (exact) mass is 458 g/mol. The third-order valence-electron chi connectivity index (χ3n) is 4.34. The van der Waals surface area contributed by atoms with Crippen LogP contribution in [0.2, 0.25) is 5.02 Å². The third-order valence-corrected chi connectivity index (χ3v) is 5.26. The van der Waals surface area contributed by atoms with Crippen LogP contribution < -0.4 is 11.1 Å². The first-order chi connectivity index (χ1) is 15.0. The van der Waals surface area contributed by atoms with Crippen molar-refractivity contribution in [1.29, 1.82) is 0 Å². The molecule has 0 radical (unpaired) electrons. The average molecular weight is 459 g/mol. The van der Waals surface area contributed by atoms with Crippen molar-refractivity contribution in [1.82, 2.24) is 19.9 Å². The SMILES string of the molecule is CSc1nn(CC(=O)Nc2ccccc2F)c(N)c1-c1nc(-c2ccc(Cl)cc2)no1. The minimum atomic E-state index is -0.532. The van der Waals surface area contributed by atoms with Gasteiger partial charge in [0.05, 0.1) is 5.69 Å². The Bertz CT molecular complexity index is 1240. The maximum Gasteiger partial charge on any atom is 0.264 e. The van der Waals surface area contributed by atoms with Crippen LogP contribution in [0.3, 0.4) is 0 Å². The number of nitrogens with one attached hydrogen (secondary N) is 1. The number of halogens is 2. The number of amides is 1. The molecule has 0 aliphatic rings. The summed E-state index contributed by atoms with van der Waals surface area (Å²) in [7, 11) is 0. The molecule has 0 aliphatic carbocycles. The molecule has 2 aromatic carbocycles. The zero-order valence-electron chi connectivity index (χ0n) is 16.2. The predicted molar refractivity (Wildman–Crippen MR) is 117 cm³/mol. The Balaban J connectivity index is 1.59. The molecule has 0 fully saturated rings. The van der Waals surface area contributed by atoms with Crippen LogP contribution in [0.15, 0.2) is 58.1 Å². The van der Waals surface area contributed by atoms with Crippen molar-refractivity contribution in [2.75, 3.05) is 17.3 Å². The van der Waals surface area contributed by atoms with E-state index in [1.807, 2.05) is 6.26 Å². The molecule has 0 spiro atoms. The van der Waals surface area contributed by atoms with Gasteiger partial charge in [0, 0.05) is 10.6 Å². The number of anilines is 2. The molecule has 3 N–H and O–H groups in total. The maximum absolute atomic E-state index is 13.8. The van der Waals surface area contributed by atoms with Gasteiger partial charge in [0.1, 0.15) is 28.8 Å². The number of para-hydroxylation sites is 1. The highest BCUT2D eigenvalue weighted by Gasteiger charge is 2.24. The van der Waals surface area contributed by atoms with Gasteiger partial charge in [-0.1, -0.05) is 28.9 Å². The summed E-state index contributed by atoms with van der Waals surface area (Å²) in [6.45, 7) is -0.216. The van der Waals surface area contributed by atoms with Gasteiger partial charge in [-0.2, -0.15) is 10.1 Å². The van der Waals surface area contributed by atoms with E-state index >= 15 is 0 Å². The van der Waals surface area contributed by atoms with Gasteiger partial charge < -0.3 is 15.6 Å². The Kier molecular flexibility index (Phi) is 5.92. The summed E-state index contributed by atoms with van der Waals surface area (Å²) < 4.78 is 20.5. The van der Waals surface area contributed by atoms with Crippen LogP contribution in [0.25, 0.3) is 22.8 Å². The Morgan fingerprint density at radius 2 is 2.00 bits per heavy atom. The van der Waals surface area contributed by atoms with E-state index in [2.05, 4.69) is 20.6 Å². The fourth-order valence-electron chi connectivity index (χ4n) is 2.85. The second-order valence-corrected chi connectivity index (χ2v) is 7.62. The van der Waals surface area contributed by atoms with Gasteiger partial charge in [-0.25, -0.2) is 9.07 Å². The van der Waals surface area contributed by atoms with Crippen molar-refractivity contribution in [2.45, 2.75) is 11.6 Å². The lowest BCUT2D eigenvalue weighted by atomic mass is 10.2. The molecule has 0 saturated heterocycles. The molecule has 8 nitrogen and oxygen atoms in total. The molecule has 11 heteroatoms. The number of carbonyl (C=O) groups is 1. The van der Waals surface area contributed by atoms with E-state index in [1.54, 1.807) is 30.3 Å². The molecule has 158 valence electrons. The predicted octanol–water partition coefficient (Wildman–Crippen LogP) is 4.34. The molecule has 0 saturated carbocycles. The van der Waals surface area contributed by atoms with E-state index in [0.29, 0.717) is 21.4 Å². The lowest BCUT2D eigenvalue weighted by Crippen LogP contribution is -2.21. The number of hydrogen-bond acceptors (Lipinski definition) is 7. The molecule has 2 heterocycles. The molecule has 0 bridgehead atoms. The van der Waals surface area contributed by atoms with Gasteiger partial charge in [0.2, 0.25) is 11.7 Å². The molecule has 0 atom stereocenters. The number of aromatic nitrogens is 4. The Hall–Kier alpha value is -3.37. The summed E-state index contributed by atoms with van der Waals surface area (Å²) in [5, 5.41) is 12.0. The quantitative estimate of drug-likeness (QED) is 0.413. The van der Waals surface area contributed by atoms with Gasteiger partial charge in [0.15, 0.2) is 0 Å². The topological polar surface area (TPSA) is 112 Å². The molecule has 4 rings (SSSR count). The number of hydrogen-bond donors (Lipinski definition) is 2. The van der Waals surface area contributed by atoms with E-state index in [0.717, 1.165) is 5.56 Å². The van der Waals surface area contributed by atoms with Gasteiger partial charge in [0.25, 0.3) is 5.89 Å². The van der Waals surface area contributed by atoms with Crippen LogP contribution in [0.4, 0.5) is 15.9 Å². The van der Waals surface area contributed by atoms with Crippen LogP contribution in [0, 0.1) is 5.82 Å². The molecule has 4 aromatic rings. The molecular formula is C20H16ClFN6O2S. The van der Waals surface area contributed by atoms with E-state index in [1.165, 1.54) is 34.6 Å². The summed E-state index contributed by atoms with van der Waals surface area (Å²) in [4.78, 5) is 16.8. The third kappa shape index (κ3) is 4.39. The Morgan fingerprint density at radius 3 is 2.71 bits per heavy atom. The zero-order chi connectivity index (χ0) is 22.0. The van der Waals surface area contributed by atoms with Crippen LogP contribution in [-0.4, -0.2) is 32.1 Å². The summed E-state index contributed by atoms with van der Waals surface area (Å²) in [6, 6.07) is 12.9. The average Bonchev–Trinajstić information content (AvgIpc) is 3.35. The number of rotatable bonds is 6. The summed E-state index contributed by atoms with van der Waals surface area (Å²) in [5.74, 6) is -0.295. The number of benzene rings is 2. The van der Waals surface area contributed by atoms with Gasteiger partial charge in [-0.05, 0) is 42.7 Å². The molecular weight excluding hydrogens is 443 g/mol. The van der Waals surface area contributed by atoms with E-state index in [4.69, 9.17) is 21.9 Å². The van der Waals surface area contributed by atoms with Crippen molar-refractivity contribution in [2.24, 2.45) is 0 Å². The van der Waals surface area contributed by atoms with E-state index in [9.17, 15) is 9.18 Å². The lowest BCUT2D eigenvalue weighted by molar-refractivity contribution is -0.116. The van der Waals surface area contributed by atoms with E-state index < -0.39 is 11.7 Å². The summed E-state index contributed by atoms with van der Waals surface area (Å²) in [6.07, 6.45) is 1.81. The van der Waals surface area contributed by atoms with Crippen molar-refractivity contribution < 1.29 is 13.7 Å². The maximum atomic E-state index is 13.8. The highest BCUT2D eigenvalue weighted by atomic mass is 35.5. The highest BCUT2D eigenvalue weighted by molar-refractivity contribution is 7.98. The molecule has 31 heavy (non-hydrogen) atoms. The largest absolute Gasteiger partial charge is 0.383 e. The molecule has 0 unspecified atom stereocenters. The number of nitrogens with zero attached hydrogens (tertiary/aromatic N) is 4. The second kappa shape index (κ2) is 8.78. The van der Waals surface area contributed by atoms with Crippen LogP contribution in [0.5, 0.6) is 0 Å². The molecule has 0 aliphatic heterocycles. The normalized spacial score (nSPS) is 10.9. The van der Waals surface area contributed by atoms with Crippen LogP contribution in [-0.2, 0) is 11.3 Å². The standard InChI is InChI=1S/C20H16ClFN6O2S/c1-31-20-16(19-25-18(27-30-19)11-6-8-12(21)9-7-11)17(23)28(26-20)10-15(29)24-14-5-3-2-4-13(14)22/h2-9H,10,23H2,1H3,(H,24,29). The first kappa shape index (κ1) is 20.9.